The molecule has 1 aliphatic rings. The molecule has 8 nitrogen and oxygen atoms in total. The summed E-state index contributed by atoms with van der Waals surface area (Å²) in [5.74, 6) is -2.41. The Morgan fingerprint density at radius 2 is 2.00 bits per heavy atom. The minimum absolute atomic E-state index is 0.276. The SMILES string of the molecule is CCC(NC(=N)N)C1C(=O)N(C(=O)C(C)(C)C)C1OC(C)=O. The van der Waals surface area contributed by atoms with Crippen LogP contribution in [-0.4, -0.2) is 40.9 Å². The van der Waals surface area contributed by atoms with Crippen LogP contribution in [-0.2, 0) is 19.1 Å². The number of hydrogen-bond donors (Lipinski definition) is 3. The number of carbonyl (C=O) groups excluding carboxylic acids is 3. The number of amides is 2. The minimum Gasteiger partial charge on any atom is -0.440 e. The van der Waals surface area contributed by atoms with Gasteiger partial charge in [-0.05, 0) is 6.42 Å². The van der Waals surface area contributed by atoms with E-state index in [1.807, 2.05) is 6.92 Å². The summed E-state index contributed by atoms with van der Waals surface area (Å²) in [5.41, 5.74) is 4.54. The normalized spacial score (nSPS) is 22.6. The lowest BCUT2D eigenvalue weighted by Crippen LogP contribution is -2.71. The first-order valence-corrected chi connectivity index (χ1v) is 7.16. The van der Waals surface area contributed by atoms with E-state index in [9.17, 15) is 14.4 Å². The van der Waals surface area contributed by atoms with Crippen molar-refractivity contribution in [3.63, 3.8) is 0 Å². The summed E-state index contributed by atoms with van der Waals surface area (Å²) in [6, 6.07) is -0.474. The lowest BCUT2D eigenvalue weighted by Gasteiger charge is -2.48. The number of β-lactam (4-membered cyclic amide) rings is 1. The van der Waals surface area contributed by atoms with Crippen molar-refractivity contribution in [2.24, 2.45) is 17.1 Å². The van der Waals surface area contributed by atoms with E-state index in [0.717, 1.165) is 4.90 Å². The Labute approximate surface area is 129 Å². The highest BCUT2D eigenvalue weighted by molar-refractivity contribution is 6.04. The highest BCUT2D eigenvalue weighted by Crippen LogP contribution is 2.35. The van der Waals surface area contributed by atoms with E-state index in [4.69, 9.17) is 15.9 Å². The van der Waals surface area contributed by atoms with E-state index in [1.165, 1.54) is 6.92 Å². The molecule has 0 aliphatic carbocycles. The zero-order valence-electron chi connectivity index (χ0n) is 13.6. The molecule has 0 bridgehead atoms. The molecule has 1 heterocycles. The molecule has 1 fully saturated rings. The Morgan fingerprint density at radius 1 is 1.45 bits per heavy atom. The van der Waals surface area contributed by atoms with Gasteiger partial charge in [0.1, 0.15) is 5.92 Å². The topological polar surface area (TPSA) is 126 Å². The van der Waals surface area contributed by atoms with E-state index >= 15 is 0 Å². The second-order valence-corrected chi connectivity index (χ2v) is 6.36. The van der Waals surface area contributed by atoms with Gasteiger partial charge in [0.15, 0.2) is 12.2 Å². The minimum atomic E-state index is -0.964. The number of ether oxygens (including phenoxy) is 1. The summed E-state index contributed by atoms with van der Waals surface area (Å²) in [6.07, 6.45) is -0.473. The number of nitrogens with one attached hydrogen (secondary N) is 2. The third kappa shape index (κ3) is 3.55. The van der Waals surface area contributed by atoms with Crippen molar-refractivity contribution >= 4 is 23.7 Å². The lowest BCUT2D eigenvalue weighted by molar-refractivity contribution is -0.205. The van der Waals surface area contributed by atoms with Gasteiger partial charge in [0.2, 0.25) is 11.8 Å². The number of likely N-dealkylation sites (tertiary alicyclic amines) is 1. The van der Waals surface area contributed by atoms with Crippen LogP contribution in [0.1, 0.15) is 41.0 Å². The first-order valence-electron chi connectivity index (χ1n) is 7.16. The van der Waals surface area contributed by atoms with Crippen LogP contribution in [0.4, 0.5) is 0 Å². The van der Waals surface area contributed by atoms with E-state index < -0.39 is 41.4 Å². The molecule has 3 unspecified atom stereocenters. The van der Waals surface area contributed by atoms with Crippen LogP contribution in [0.3, 0.4) is 0 Å². The monoisotopic (exact) mass is 312 g/mol. The molecule has 2 amide bonds. The molecule has 4 N–H and O–H groups in total. The quantitative estimate of drug-likeness (QED) is 0.294. The predicted octanol–water partition coefficient (Wildman–Crippen LogP) is 0.168. The van der Waals surface area contributed by atoms with Crippen molar-refractivity contribution < 1.29 is 19.1 Å². The summed E-state index contributed by atoms with van der Waals surface area (Å²) in [7, 11) is 0. The number of esters is 1. The van der Waals surface area contributed by atoms with Crippen LogP contribution >= 0.6 is 0 Å². The second kappa shape index (κ2) is 6.33. The number of nitrogens with zero attached hydrogens (tertiary/aromatic N) is 1. The van der Waals surface area contributed by atoms with Gasteiger partial charge in [0.25, 0.3) is 0 Å². The van der Waals surface area contributed by atoms with Crippen LogP contribution in [0.2, 0.25) is 0 Å². The van der Waals surface area contributed by atoms with Crippen molar-refractivity contribution in [3.05, 3.63) is 0 Å². The molecule has 1 aliphatic heterocycles. The number of nitrogens with two attached hydrogens (primary N) is 1. The Morgan fingerprint density at radius 3 is 2.36 bits per heavy atom. The molecule has 1 rings (SSSR count). The third-order valence-corrected chi connectivity index (χ3v) is 3.45. The van der Waals surface area contributed by atoms with E-state index in [0.29, 0.717) is 6.42 Å². The van der Waals surface area contributed by atoms with Gasteiger partial charge >= 0.3 is 5.97 Å². The second-order valence-electron chi connectivity index (χ2n) is 6.36. The summed E-state index contributed by atoms with van der Waals surface area (Å²) in [4.78, 5) is 37.0. The molecule has 8 heteroatoms. The number of guanidine groups is 1. The highest BCUT2D eigenvalue weighted by atomic mass is 16.6. The fraction of sp³-hybridized carbons (Fsp3) is 0.714. The van der Waals surface area contributed by atoms with Gasteiger partial charge in [-0.15, -0.1) is 0 Å². The molecule has 0 saturated carbocycles. The average Bonchev–Trinajstić information content (AvgIpc) is 2.35. The molecule has 0 aromatic heterocycles. The first-order chi connectivity index (χ1) is 10.0. The average molecular weight is 312 g/mol. The summed E-state index contributed by atoms with van der Waals surface area (Å²) in [6.45, 7) is 8.09. The van der Waals surface area contributed by atoms with E-state index in [2.05, 4.69) is 5.32 Å². The fourth-order valence-electron chi connectivity index (χ4n) is 2.38. The Hall–Kier alpha value is -2.12. The largest absolute Gasteiger partial charge is 0.440 e. The highest BCUT2D eigenvalue weighted by Gasteiger charge is 2.57. The van der Waals surface area contributed by atoms with Crippen LogP contribution in [0.15, 0.2) is 0 Å². The maximum Gasteiger partial charge on any atom is 0.304 e. The standard InChI is InChI=1S/C14H24N4O4/c1-6-8(17-13(15)16)9-10(20)18(11(9)22-7(2)19)12(21)14(3,4)5/h8-9,11H,6H2,1-5H3,(H4,15,16,17). The molecule has 1 saturated heterocycles. The molecule has 3 atom stereocenters. The van der Waals surface area contributed by atoms with Crippen molar-refractivity contribution in [2.75, 3.05) is 0 Å². The van der Waals surface area contributed by atoms with Crippen LogP contribution in [0, 0.1) is 16.7 Å². The summed E-state index contributed by atoms with van der Waals surface area (Å²) in [5, 5.41) is 9.97. The summed E-state index contributed by atoms with van der Waals surface area (Å²) < 4.78 is 5.16. The van der Waals surface area contributed by atoms with Crippen LogP contribution in [0.5, 0.6) is 0 Å². The van der Waals surface area contributed by atoms with Gasteiger partial charge in [-0.25, -0.2) is 4.90 Å². The molecule has 0 aromatic rings. The first kappa shape index (κ1) is 17.9. The molecule has 0 spiro atoms. The fourth-order valence-corrected chi connectivity index (χ4v) is 2.38. The zero-order chi connectivity index (χ0) is 17.2. The van der Waals surface area contributed by atoms with Gasteiger partial charge in [0, 0.05) is 18.4 Å². The van der Waals surface area contributed by atoms with Crippen molar-refractivity contribution in [1.29, 1.82) is 5.41 Å². The van der Waals surface area contributed by atoms with Gasteiger partial charge in [-0.3, -0.25) is 19.8 Å². The maximum absolute atomic E-state index is 12.4. The van der Waals surface area contributed by atoms with Gasteiger partial charge in [-0.1, -0.05) is 27.7 Å². The maximum atomic E-state index is 12.4. The van der Waals surface area contributed by atoms with E-state index in [1.54, 1.807) is 20.8 Å². The van der Waals surface area contributed by atoms with Crippen LogP contribution in [0.25, 0.3) is 0 Å². The Kier molecular flexibility index (Phi) is 5.16. The Bertz CT molecular complexity index is 498. The van der Waals surface area contributed by atoms with Gasteiger partial charge in [0.05, 0.1) is 0 Å². The number of hydrogen-bond acceptors (Lipinski definition) is 5. The van der Waals surface area contributed by atoms with Gasteiger partial charge < -0.3 is 15.8 Å². The van der Waals surface area contributed by atoms with E-state index in [-0.39, 0.29) is 5.96 Å². The van der Waals surface area contributed by atoms with Crippen molar-refractivity contribution in [2.45, 2.75) is 53.3 Å². The number of imide groups is 1. The molecule has 0 radical (unpaired) electrons. The van der Waals surface area contributed by atoms with Crippen molar-refractivity contribution in [1.82, 2.24) is 10.2 Å². The molecular formula is C14H24N4O4. The molecule has 124 valence electrons. The molecule has 0 aromatic carbocycles. The Balaban J connectivity index is 3.04. The molecule has 22 heavy (non-hydrogen) atoms. The lowest BCUT2D eigenvalue weighted by atomic mass is 9.83. The smallest absolute Gasteiger partial charge is 0.304 e. The van der Waals surface area contributed by atoms with Gasteiger partial charge in [-0.2, -0.15) is 0 Å². The molecular weight excluding hydrogens is 288 g/mol. The predicted molar refractivity (Wildman–Crippen MR) is 79.5 cm³/mol. The number of rotatable bonds is 4. The van der Waals surface area contributed by atoms with Crippen LogP contribution < -0.4 is 11.1 Å². The third-order valence-electron chi connectivity index (χ3n) is 3.45. The summed E-state index contributed by atoms with van der Waals surface area (Å²) >= 11 is 0. The number of carbonyl (C=O) groups is 3. The van der Waals surface area contributed by atoms with Crippen molar-refractivity contribution in [3.8, 4) is 0 Å². The zero-order valence-corrected chi connectivity index (χ0v) is 13.6.